The van der Waals surface area contributed by atoms with Gasteiger partial charge in [0.15, 0.2) is 0 Å². The highest BCUT2D eigenvalue weighted by molar-refractivity contribution is 5.94. The van der Waals surface area contributed by atoms with Crippen LogP contribution in [-0.4, -0.2) is 11.9 Å². The van der Waals surface area contributed by atoms with Gasteiger partial charge in [0.25, 0.3) is 0 Å². The topological polar surface area (TPSA) is 55.1 Å². The summed E-state index contributed by atoms with van der Waals surface area (Å²) in [5.74, 6) is -0.166. The normalized spacial score (nSPS) is 10.4. The Morgan fingerprint density at radius 3 is 2.21 bits per heavy atom. The minimum Gasteiger partial charge on any atom is -0.325 e. The van der Waals surface area contributed by atoms with Gasteiger partial charge in [0.2, 0.25) is 5.91 Å². The smallest absolute Gasteiger partial charge is 0.240 e. The van der Waals surface area contributed by atoms with Gasteiger partial charge in [-0.15, -0.1) is 24.8 Å². The van der Waals surface area contributed by atoms with Crippen molar-refractivity contribution in [1.29, 1.82) is 0 Å². The first-order valence-corrected chi connectivity index (χ1v) is 3.81. The Kier molecular flexibility index (Phi) is 8.54. The quantitative estimate of drug-likeness (QED) is 0.824. The van der Waals surface area contributed by atoms with E-state index < -0.39 is 6.04 Å². The van der Waals surface area contributed by atoms with E-state index in [1.807, 2.05) is 30.3 Å². The van der Waals surface area contributed by atoms with Crippen molar-refractivity contribution in [3.8, 4) is 0 Å². The Labute approximate surface area is 95.9 Å². The molecule has 0 heterocycles. The summed E-state index contributed by atoms with van der Waals surface area (Å²) in [6.45, 7) is 1.65. The summed E-state index contributed by atoms with van der Waals surface area (Å²) in [7, 11) is 0. The molecule has 1 unspecified atom stereocenters. The number of para-hydroxylation sites is 1. The van der Waals surface area contributed by atoms with Crippen molar-refractivity contribution in [3.63, 3.8) is 0 Å². The largest absolute Gasteiger partial charge is 0.325 e. The molecule has 0 aliphatic heterocycles. The lowest BCUT2D eigenvalue weighted by molar-refractivity contribution is -0.117. The molecule has 14 heavy (non-hydrogen) atoms. The number of hydrogen-bond donors (Lipinski definition) is 2. The van der Waals surface area contributed by atoms with E-state index in [9.17, 15) is 4.79 Å². The Morgan fingerprint density at radius 2 is 1.79 bits per heavy atom. The van der Waals surface area contributed by atoms with Crippen LogP contribution in [0.4, 0.5) is 5.69 Å². The van der Waals surface area contributed by atoms with Crippen LogP contribution in [0.5, 0.6) is 0 Å². The third-order valence-electron chi connectivity index (χ3n) is 1.45. The number of nitrogens with two attached hydrogens (primary N) is 1. The molecular formula is C9H14Cl2N2O. The Balaban J connectivity index is 0. The molecule has 0 fully saturated rings. The Hall–Kier alpha value is -0.770. The fourth-order valence-electron chi connectivity index (χ4n) is 0.778. The van der Waals surface area contributed by atoms with E-state index in [4.69, 9.17) is 5.73 Å². The number of rotatable bonds is 2. The number of carbonyl (C=O) groups excluding carboxylic acids is 1. The van der Waals surface area contributed by atoms with Crippen LogP contribution in [0.15, 0.2) is 30.3 Å². The molecule has 0 spiro atoms. The number of benzene rings is 1. The van der Waals surface area contributed by atoms with Crippen LogP contribution in [0.1, 0.15) is 6.92 Å². The summed E-state index contributed by atoms with van der Waals surface area (Å²) in [6, 6.07) is 8.78. The SMILES string of the molecule is CC(N)C(=O)Nc1ccccc1.Cl.Cl. The molecule has 3 nitrogen and oxygen atoms in total. The fourth-order valence-corrected chi connectivity index (χ4v) is 0.778. The molecule has 1 rings (SSSR count). The van der Waals surface area contributed by atoms with Gasteiger partial charge in [-0.2, -0.15) is 0 Å². The lowest BCUT2D eigenvalue weighted by Gasteiger charge is -2.06. The van der Waals surface area contributed by atoms with Crippen molar-refractivity contribution in [2.45, 2.75) is 13.0 Å². The number of nitrogens with one attached hydrogen (secondary N) is 1. The first-order valence-electron chi connectivity index (χ1n) is 3.81. The summed E-state index contributed by atoms with van der Waals surface area (Å²) in [4.78, 5) is 11.1. The van der Waals surface area contributed by atoms with Crippen molar-refractivity contribution >= 4 is 36.4 Å². The predicted molar refractivity (Wildman–Crippen MR) is 63.2 cm³/mol. The van der Waals surface area contributed by atoms with Crippen molar-refractivity contribution < 1.29 is 4.79 Å². The van der Waals surface area contributed by atoms with E-state index in [2.05, 4.69) is 5.32 Å². The summed E-state index contributed by atoms with van der Waals surface area (Å²) in [5.41, 5.74) is 6.15. The summed E-state index contributed by atoms with van der Waals surface area (Å²) in [6.07, 6.45) is 0. The molecule has 0 saturated carbocycles. The molecule has 5 heteroatoms. The van der Waals surface area contributed by atoms with Crippen LogP contribution in [0.3, 0.4) is 0 Å². The molecule has 0 aliphatic carbocycles. The third-order valence-corrected chi connectivity index (χ3v) is 1.45. The lowest BCUT2D eigenvalue weighted by atomic mass is 10.3. The van der Waals surface area contributed by atoms with Crippen LogP contribution >= 0.6 is 24.8 Å². The average Bonchev–Trinajstić information content (AvgIpc) is 2.06. The lowest BCUT2D eigenvalue weighted by Crippen LogP contribution is -2.32. The minimum absolute atomic E-state index is 0. The van der Waals surface area contributed by atoms with Crippen LogP contribution in [0.25, 0.3) is 0 Å². The first kappa shape index (κ1) is 15.7. The molecule has 0 radical (unpaired) electrons. The second-order valence-corrected chi connectivity index (χ2v) is 2.64. The molecule has 0 aliphatic rings. The zero-order valence-electron chi connectivity index (χ0n) is 7.77. The van der Waals surface area contributed by atoms with Crippen molar-refractivity contribution in [2.24, 2.45) is 5.73 Å². The predicted octanol–water partition coefficient (Wildman–Crippen LogP) is 1.82. The van der Waals surface area contributed by atoms with Crippen LogP contribution < -0.4 is 11.1 Å². The molecule has 0 aromatic heterocycles. The van der Waals surface area contributed by atoms with Gasteiger partial charge in [-0.05, 0) is 19.1 Å². The first-order chi connectivity index (χ1) is 5.70. The maximum Gasteiger partial charge on any atom is 0.240 e. The van der Waals surface area contributed by atoms with Gasteiger partial charge in [-0.25, -0.2) is 0 Å². The molecule has 1 atom stereocenters. The number of hydrogen-bond acceptors (Lipinski definition) is 2. The maximum atomic E-state index is 11.1. The van der Waals surface area contributed by atoms with Gasteiger partial charge < -0.3 is 11.1 Å². The Morgan fingerprint density at radius 1 is 1.29 bits per heavy atom. The van der Waals surface area contributed by atoms with Crippen molar-refractivity contribution in [3.05, 3.63) is 30.3 Å². The summed E-state index contributed by atoms with van der Waals surface area (Å²) in [5, 5.41) is 2.68. The number of halogens is 2. The molecular weight excluding hydrogens is 223 g/mol. The number of carbonyl (C=O) groups is 1. The minimum atomic E-state index is -0.467. The van der Waals surface area contributed by atoms with E-state index in [1.165, 1.54) is 0 Å². The number of anilines is 1. The van der Waals surface area contributed by atoms with Crippen LogP contribution in [-0.2, 0) is 4.79 Å². The third kappa shape index (κ3) is 5.07. The fraction of sp³-hybridized carbons (Fsp3) is 0.222. The van der Waals surface area contributed by atoms with E-state index in [1.54, 1.807) is 6.92 Å². The average molecular weight is 237 g/mol. The summed E-state index contributed by atoms with van der Waals surface area (Å²) < 4.78 is 0. The van der Waals surface area contributed by atoms with E-state index in [-0.39, 0.29) is 30.7 Å². The van der Waals surface area contributed by atoms with Gasteiger partial charge in [0.1, 0.15) is 0 Å². The van der Waals surface area contributed by atoms with Gasteiger partial charge in [-0.3, -0.25) is 4.79 Å². The molecule has 1 amide bonds. The standard InChI is InChI=1S/C9H12N2O.2ClH/c1-7(10)9(12)11-8-5-3-2-4-6-8;;/h2-7H,10H2,1H3,(H,11,12);2*1H. The second kappa shape index (κ2) is 7.62. The maximum absolute atomic E-state index is 11.1. The van der Waals surface area contributed by atoms with Crippen LogP contribution in [0, 0.1) is 0 Å². The van der Waals surface area contributed by atoms with Gasteiger partial charge in [-0.1, -0.05) is 18.2 Å². The molecule has 3 N–H and O–H groups in total. The number of amides is 1. The molecule has 1 aromatic carbocycles. The molecule has 0 saturated heterocycles. The zero-order valence-corrected chi connectivity index (χ0v) is 9.40. The molecule has 1 aromatic rings. The van der Waals surface area contributed by atoms with Gasteiger partial charge in [0, 0.05) is 5.69 Å². The monoisotopic (exact) mass is 236 g/mol. The molecule has 80 valence electrons. The van der Waals surface area contributed by atoms with E-state index in [0.717, 1.165) is 5.69 Å². The van der Waals surface area contributed by atoms with Gasteiger partial charge in [0.05, 0.1) is 6.04 Å². The van der Waals surface area contributed by atoms with Crippen LogP contribution in [0.2, 0.25) is 0 Å². The van der Waals surface area contributed by atoms with E-state index in [0.29, 0.717) is 0 Å². The van der Waals surface area contributed by atoms with Crippen molar-refractivity contribution in [1.82, 2.24) is 0 Å². The summed E-state index contributed by atoms with van der Waals surface area (Å²) >= 11 is 0. The Bertz CT molecular complexity index is 265. The highest BCUT2D eigenvalue weighted by atomic mass is 35.5. The molecule has 0 bridgehead atoms. The second-order valence-electron chi connectivity index (χ2n) is 2.64. The zero-order chi connectivity index (χ0) is 8.97. The van der Waals surface area contributed by atoms with E-state index >= 15 is 0 Å². The highest BCUT2D eigenvalue weighted by Crippen LogP contribution is 2.04. The van der Waals surface area contributed by atoms with Crippen molar-refractivity contribution in [2.75, 3.05) is 5.32 Å². The highest BCUT2D eigenvalue weighted by Gasteiger charge is 2.05. The van der Waals surface area contributed by atoms with Gasteiger partial charge >= 0.3 is 0 Å².